The molecule has 1 fully saturated rings. The molecule has 2 aromatic carbocycles. The average Bonchev–Trinajstić information content (AvgIpc) is 3.22. The Bertz CT molecular complexity index is 838. The first kappa shape index (κ1) is 19.6. The van der Waals surface area contributed by atoms with Gasteiger partial charge in [0.1, 0.15) is 0 Å². The molecule has 2 N–H and O–H groups in total. The monoisotopic (exact) mass is 379 g/mol. The molecule has 0 atom stereocenters. The highest BCUT2D eigenvalue weighted by Crippen LogP contribution is 2.14. The first-order chi connectivity index (χ1) is 13.5. The summed E-state index contributed by atoms with van der Waals surface area (Å²) in [6.45, 7) is 3.54. The molecule has 6 heteroatoms. The van der Waals surface area contributed by atoms with Crippen LogP contribution in [-0.2, 0) is 22.6 Å². The third kappa shape index (κ3) is 5.42. The largest absolute Gasteiger partial charge is 0.352 e. The molecule has 1 saturated heterocycles. The highest BCUT2D eigenvalue weighted by molar-refractivity contribution is 5.94. The van der Waals surface area contributed by atoms with Gasteiger partial charge in [-0.3, -0.25) is 14.4 Å². The Morgan fingerprint density at radius 2 is 1.50 bits per heavy atom. The van der Waals surface area contributed by atoms with E-state index in [1.165, 1.54) is 6.92 Å². The summed E-state index contributed by atoms with van der Waals surface area (Å²) >= 11 is 0. The minimum Gasteiger partial charge on any atom is -0.352 e. The summed E-state index contributed by atoms with van der Waals surface area (Å²) in [6, 6.07) is 14.6. The molecule has 0 spiro atoms. The van der Waals surface area contributed by atoms with Crippen molar-refractivity contribution in [3.05, 3.63) is 65.2 Å². The Morgan fingerprint density at radius 3 is 2.11 bits per heavy atom. The molecule has 0 aliphatic carbocycles. The number of anilines is 1. The van der Waals surface area contributed by atoms with Crippen molar-refractivity contribution in [2.24, 2.45) is 0 Å². The number of carbonyl (C=O) groups excluding carboxylic acids is 3. The van der Waals surface area contributed by atoms with Gasteiger partial charge in [-0.25, -0.2) is 0 Å². The summed E-state index contributed by atoms with van der Waals surface area (Å²) in [5.41, 5.74) is 3.22. The van der Waals surface area contributed by atoms with Crippen LogP contribution in [0.5, 0.6) is 0 Å². The number of amides is 3. The molecule has 0 bridgehead atoms. The summed E-state index contributed by atoms with van der Waals surface area (Å²) in [5, 5.41) is 5.59. The van der Waals surface area contributed by atoms with Crippen LogP contribution >= 0.6 is 0 Å². The molecule has 0 radical (unpaired) electrons. The van der Waals surface area contributed by atoms with Gasteiger partial charge in [0.15, 0.2) is 0 Å². The molecular weight excluding hydrogens is 354 g/mol. The van der Waals surface area contributed by atoms with E-state index in [-0.39, 0.29) is 24.1 Å². The van der Waals surface area contributed by atoms with Crippen molar-refractivity contribution in [2.45, 2.75) is 32.7 Å². The Kier molecular flexibility index (Phi) is 6.42. The number of hydrogen-bond acceptors (Lipinski definition) is 3. The van der Waals surface area contributed by atoms with E-state index in [4.69, 9.17) is 0 Å². The minimum atomic E-state index is -0.126. The molecule has 6 nitrogen and oxygen atoms in total. The topological polar surface area (TPSA) is 78.5 Å². The van der Waals surface area contributed by atoms with E-state index in [2.05, 4.69) is 10.6 Å². The molecule has 0 unspecified atom stereocenters. The number of likely N-dealkylation sites (tertiary alicyclic amines) is 1. The second-order valence-corrected chi connectivity index (χ2v) is 7.03. The summed E-state index contributed by atoms with van der Waals surface area (Å²) in [6.07, 6.45) is 2.42. The maximum absolute atomic E-state index is 12.3. The van der Waals surface area contributed by atoms with Crippen molar-refractivity contribution in [1.82, 2.24) is 10.2 Å². The Balaban J connectivity index is 1.47. The maximum Gasteiger partial charge on any atom is 0.253 e. The zero-order chi connectivity index (χ0) is 19.9. The minimum absolute atomic E-state index is 0.0792. The quantitative estimate of drug-likeness (QED) is 0.810. The van der Waals surface area contributed by atoms with E-state index in [1.54, 1.807) is 12.1 Å². The van der Waals surface area contributed by atoms with Crippen LogP contribution < -0.4 is 10.6 Å². The zero-order valence-corrected chi connectivity index (χ0v) is 16.0. The molecule has 28 heavy (non-hydrogen) atoms. The third-order valence-corrected chi connectivity index (χ3v) is 4.72. The van der Waals surface area contributed by atoms with E-state index >= 15 is 0 Å². The fourth-order valence-corrected chi connectivity index (χ4v) is 3.23. The highest BCUT2D eigenvalue weighted by Gasteiger charge is 2.19. The fraction of sp³-hybridized carbons (Fsp3) is 0.318. The highest BCUT2D eigenvalue weighted by atomic mass is 16.2. The van der Waals surface area contributed by atoms with Crippen LogP contribution in [0.2, 0.25) is 0 Å². The summed E-state index contributed by atoms with van der Waals surface area (Å²) in [7, 11) is 0. The smallest absolute Gasteiger partial charge is 0.253 e. The molecule has 1 aliphatic rings. The van der Waals surface area contributed by atoms with Crippen molar-refractivity contribution in [2.75, 3.05) is 18.4 Å². The van der Waals surface area contributed by atoms with Crippen LogP contribution in [0, 0.1) is 0 Å². The standard InChI is InChI=1S/C22H25N3O3/c1-16(26)24-20-10-6-17(7-11-20)14-21(27)23-15-18-4-8-19(9-5-18)22(28)25-12-2-3-13-25/h4-11H,2-3,12-15H2,1H3,(H,23,27)(H,24,26). The van der Waals surface area contributed by atoms with Crippen molar-refractivity contribution in [3.63, 3.8) is 0 Å². The van der Waals surface area contributed by atoms with Crippen molar-refractivity contribution in [3.8, 4) is 0 Å². The predicted octanol–water partition coefficient (Wildman–Crippen LogP) is 2.74. The van der Waals surface area contributed by atoms with E-state index in [0.717, 1.165) is 37.1 Å². The molecule has 1 heterocycles. The third-order valence-electron chi connectivity index (χ3n) is 4.72. The van der Waals surface area contributed by atoms with Gasteiger partial charge in [-0.05, 0) is 48.2 Å². The van der Waals surface area contributed by atoms with Crippen LogP contribution in [-0.4, -0.2) is 35.7 Å². The predicted molar refractivity (Wildman–Crippen MR) is 108 cm³/mol. The summed E-state index contributed by atoms with van der Waals surface area (Å²) < 4.78 is 0. The van der Waals surface area contributed by atoms with E-state index in [1.807, 2.05) is 41.3 Å². The lowest BCUT2D eigenvalue weighted by Gasteiger charge is -2.15. The first-order valence-electron chi connectivity index (χ1n) is 9.53. The van der Waals surface area contributed by atoms with Crippen LogP contribution in [0.3, 0.4) is 0 Å². The van der Waals surface area contributed by atoms with Gasteiger partial charge in [0, 0.05) is 37.8 Å². The van der Waals surface area contributed by atoms with E-state index < -0.39 is 0 Å². The Hall–Kier alpha value is -3.15. The van der Waals surface area contributed by atoms with Crippen LogP contribution in [0.15, 0.2) is 48.5 Å². The van der Waals surface area contributed by atoms with Crippen molar-refractivity contribution >= 4 is 23.4 Å². The van der Waals surface area contributed by atoms with Crippen molar-refractivity contribution < 1.29 is 14.4 Å². The molecule has 1 aliphatic heterocycles. The second-order valence-electron chi connectivity index (χ2n) is 7.03. The van der Waals surface area contributed by atoms with Crippen LogP contribution in [0.25, 0.3) is 0 Å². The number of nitrogens with zero attached hydrogens (tertiary/aromatic N) is 1. The van der Waals surface area contributed by atoms with Gasteiger partial charge in [-0.2, -0.15) is 0 Å². The van der Waals surface area contributed by atoms with Crippen LogP contribution in [0.4, 0.5) is 5.69 Å². The Labute approximate surface area is 164 Å². The van der Waals surface area contributed by atoms with Gasteiger partial charge in [0.25, 0.3) is 5.91 Å². The summed E-state index contributed by atoms with van der Waals surface area (Å²) in [4.78, 5) is 37.4. The van der Waals surface area contributed by atoms with Gasteiger partial charge in [0.05, 0.1) is 6.42 Å². The Morgan fingerprint density at radius 1 is 0.893 bits per heavy atom. The van der Waals surface area contributed by atoms with Gasteiger partial charge >= 0.3 is 0 Å². The molecular formula is C22H25N3O3. The number of benzene rings is 2. The lowest BCUT2D eigenvalue weighted by atomic mass is 10.1. The normalized spacial score (nSPS) is 13.2. The fourth-order valence-electron chi connectivity index (χ4n) is 3.23. The van der Waals surface area contributed by atoms with Crippen LogP contribution in [0.1, 0.15) is 41.3 Å². The molecule has 3 rings (SSSR count). The van der Waals surface area contributed by atoms with Gasteiger partial charge in [0.2, 0.25) is 11.8 Å². The number of nitrogens with one attached hydrogen (secondary N) is 2. The zero-order valence-electron chi connectivity index (χ0n) is 16.0. The number of rotatable bonds is 6. The molecule has 2 aromatic rings. The van der Waals surface area contributed by atoms with E-state index in [0.29, 0.717) is 17.8 Å². The number of hydrogen-bond donors (Lipinski definition) is 2. The molecule has 0 saturated carbocycles. The average molecular weight is 379 g/mol. The molecule has 3 amide bonds. The number of carbonyl (C=O) groups is 3. The molecule has 0 aromatic heterocycles. The van der Waals surface area contributed by atoms with Gasteiger partial charge < -0.3 is 15.5 Å². The van der Waals surface area contributed by atoms with Gasteiger partial charge in [-0.15, -0.1) is 0 Å². The van der Waals surface area contributed by atoms with Crippen molar-refractivity contribution in [1.29, 1.82) is 0 Å². The second kappa shape index (κ2) is 9.17. The summed E-state index contributed by atoms with van der Waals surface area (Å²) in [5.74, 6) is -0.126. The molecule has 146 valence electrons. The van der Waals surface area contributed by atoms with E-state index in [9.17, 15) is 14.4 Å². The maximum atomic E-state index is 12.3. The lowest BCUT2D eigenvalue weighted by Crippen LogP contribution is -2.27. The SMILES string of the molecule is CC(=O)Nc1ccc(CC(=O)NCc2ccc(C(=O)N3CCCC3)cc2)cc1. The first-order valence-corrected chi connectivity index (χ1v) is 9.53. The van der Waals surface area contributed by atoms with Gasteiger partial charge in [-0.1, -0.05) is 24.3 Å². The lowest BCUT2D eigenvalue weighted by molar-refractivity contribution is -0.120.